The molecule has 2 nitrogen and oxygen atoms in total. The Morgan fingerprint density at radius 3 is 2.80 bits per heavy atom. The van der Waals surface area contributed by atoms with Crippen molar-refractivity contribution < 1.29 is 4.74 Å². The molecule has 0 radical (unpaired) electrons. The zero-order valence-electron chi connectivity index (χ0n) is 9.76. The summed E-state index contributed by atoms with van der Waals surface area (Å²) in [6.45, 7) is 9.25. The van der Waals surface area contributed by atoms with Crippen molar-refractivity contribution in [2.24, 2.45) is 5.41 Å². The zero-order valence-corrected chi connectivity index (χ0v) is 9.76. The minimum atomic E-state index is 0.217. The summed E-state index contributed by atoms with van der Waals surface area (Å²) >= 11 is 0. The Kier molecular flexibility index (Phi) is 2.70. The van der Waals surface area contributed by atoms with Gasteiger partial charge in [0.15, 0.2) is 0 Å². The summed E-state index contributed by atoms with van der Waals surface area (Å²) in [5.74, 6) is 1.05. The minimum absolute atomic E-state index is 0.217. The van der Waals surface area contributed by atoms with E-state index in [0.29, 0.717) is 0 Å². The molecule has 0 fully saturated rings. The van der Waals surface area contributed by atoms with Crippen LogP contribution in [0.2, 0.25) is 0 Å². The molecule has 0 amide bonds. The molecule has 0 bridgehead atoms. The molecule has 0 unspecified atom stereocenters. The molecular weight excluding hydrogens is 186 g/mol. The molecule has 82 valence electrons. The smallest absolute Gasteiger partial charge is 0.124 e. The van der Waals surface area contributed by atoms with E-state index in [1.54, 1.807) is 0 Å². The van der Waals surface area contributed by atoms with Crippen molar-refractivity contribution in [2.45, 2.75) is 33.9 Å². The summed E-state index contributed by atoms with van der Waals surface area (Å²) in [7, 11) is 0. The highest BCUT2D eigenvalue weighted by Gasteiger charge is 2.17. The fraction of sp³-hybridized carbons (Fsp3) is 0.538. The Morgan fingerprint density at radius 2 is 2.07 bits per heavy atom. The minimum Gasteiger partial charge on any atom is -0.493 e. The standard InChI is InChI=1S/C13H19NO/c1-13(2,3)9-15-12-6-4-5-10-7-14-8-11(10)12/h4-6,14H,7-9H2,1-3H3. The quantitative estimate of drug-likeness (QED) is 0.801. The lowest BCUT2D eigenvalue weighted by Crippen LogP contribution is -2.17. The van der Waals surface area contributed by atoms with Gasteiger partial charge in [0.25, 0.3) is 0 Å². The third-order valence-corrected chi connectivity index (χ3v) is 2.51. The lowest BCUT2D eigenvalue weighted by atomic mass is 9.98. The average molecular weight is 205 g/mol. The summed E-state index contributed by atoms with van der Waals surface area (Å²) in [6.07, 6.45) is 0. The van der Waals surface area contributed by atoms with E-state index in [9.17, 15) is 0 Å². The normalized spacial score (nSPS) is 15.1. The van der Waals surface area contributed by atoms with Gasteiger partial charge in [-0.3, -0.25) is 0 Å². The maximum absolute atomic E-state index is 5.87. The molecule has 2 heteroatoms. The molecule has 1 aliphatic rings. The van der Waals surface area contributed by atoms with Crippen LogP contribution in [0.25, 0.3) is 0 Å². The van der Waals surface area contributed by atoms with Crippen molar-refractivity contribution in [1.29, 1.82) is 0 Å². The number of hydrogen-bond donors (Lipinski definition) is 1. The van der Waals surface area contributed by atoms with Crippen LogP contribution >= 0.6 is 0 Å². The van der Waals surface area contributed by atoms with Crippen LogP contribution in [0.5, 0.6) is 5.75 Å². The second kappa shape index (κ2) is 3.86. The first-order chi connectivity index (χ1) is 7.06. The van der Waals surface area contributed by atoms with E-state index in [0.717, 1.165) is 25.4 Å². The summed E-state index contributed by atoms with van der Waals surface area (Å²) in [5, 5.41) is 3.35. The first-order valence-corrected chi connectivity index (χ1v) is 5.50. The molecule has 15 heavy (non-hydrogen) atoms. The van der Waals surface area contributed by atoms with Gasteiger partial charge in [0.05, 0.1) is 6.61 Å². The average Bonchev–Trinajstić information content (AvgIpc) is 2.61. The van der Waals surface area contributed by atoms with E-state index in [-0.39, 0.29) is 5.41 Å². The van der Waals surface area contributed by atoms with E-state index in [2.05, 4.69) is 44.3 Å². The first-order valence-electron chi connectivity index (χ1n) is 5.50. The highest BCUT2D eigenvalue weighted by atomic mass is 16.5. The predicted molar refractivity (Wildman–Crippen MR) is 61.9 cm³/mol. The summed E-state index contributed by atoms with van der Waals surface area (Å²) < 4.78 is 5.87. The van der Waals surface area contributed by atoms with E-state index in [1.165, 1.54) is 11.1 Å². The highest BCUT2D eigenvalue weighted by molar-refractivity contribution is 5.42. The van der Waals surface area contributed by atoms with Gasteiger partial charge >= 0.3 is 0 Å². The zero-order chi connectivity index (χ0) is 10.9. The number of benzene rings is 1. The molecule has 0 spiro atoms. The van der Waals surface area contributed by atoms with Crippen LogP contribution in [-0.2, 0) is 13.1 Å². The second-order valence-electron chi connectivity index (χ2n) is 5.35. The van der Waals surface area contributed by atoms with Crippen molar-refractivity contribution in [3.8, 4) is 5.75 Å². The molecule has 0 saturated heterocycles. The van der Waals surface area contributed by atoms with Crippen LogP contribution in [0.1, 0.15) is 31.9 Å². The third-order valence-electron chi connectivity index (χ3n) is 2.51. The van der Waals surface area contributed by atoms with Crippen molar-refractivity contribution in [3.05, 3.63) is 29.3 Å². The van der Waals surface area contributed by atoms with Crippen molar-refractivity contribution >= 4 is 0 Å². The topological polar surface area (TPSA) is 21.3 Å². The highest BCUT2D eigenvalue weighted by Crippen LogP contribution is 2.27. The molecule has 1 aliphatic heterocycles. The first kappa shape index (κ1) is 10.5. The molecule has 0 atom stereocenters. The largest absolute Gasteiger partial charge is 0.493 e. The van der Waals surface area contributed by atoms with Gasteiger partial charge in [-0.05, 0) is 17.0 Å². The fourth-order valence-electron chi connectivity index (χ4n) is 1.73. The fourth-order valence-corrected chi connectivity index (χ4v) is 1.73. The summed E-state index contributed by atoms with van der Waals surface area (Å²) in [6, 6.07) is 6.31. The van der Waals surface area contributed by atoms with Gasteiger partial charge in [-0.25, -0.2) is 0 Å². The lowest BCUT2D eigenvalue weighted by molar-refractivity contribution is 0.196. The van der Waals surface area contributed by atoms with Gasteiger partial charge in [0.1, 0.15) is 5.75 Å². The van der Waals surface area contributed by atoms with E-state index >= 15 is 0 Å². The van der Waals surface area contributed by atoms with E-state index < -0.39 is 0 Å². The molecule has 2 rings (SSSR count). The molecule has 0 saturated carbocycles. The summed E-state index contributed by atoms with van der Waals surface area (Å²) in [5.41, 5.74) is 2.93. The van der Waals surface area contributed by atoms with Crippen LogP contribution in [0, 0.1) is 5.41 Å². The lowest BCUT2D eigenvalue weighted by Gasteiger charge is -2.20. The number of hydrogen-bond acceptors (Lipinski definition) is 2. The molecule has 1 N–H and O–H groups in total. The SMILES string of the molecule is CC(C)(C)COc1cccc2c1CNC2. The van der Waals surface area contributed by atoms with Crippen LogP contribution in [0.15, 0.2) is 18.2 Å². The summed E-state index contributed by atoms with van der Waals surface area (Å²) in [4.78, 5) is 0. The van der Waals surface area contributed by atoms with Crippen LogP contribution in [0.3, 0.4) is 0 Å². The van der Waals surface area contributed by atoms with Crippen LogP contribution < -0.4 is 10.1 Å². The van der Waals surface area contributed by atoms with Gasteiger partial charge in [0.2, 0.25) is 0 Å². The molecule has 0 aliphatic carbocycles. The van der Waals surface area contributed by atoms with E-state index in [4.69, 9.17) is 4.74 Å². The van der Waals surface area contributed by atoms with Crippen LogP contribution in [0.4, 0.5) is 0 Å². The second-order valence-corrected chi connectivity index (χ2v) is 5.35. The Labute approximate surface area is 91.6 Å². The van der Waals surface area contributed by atoms with Crippen molar-refractivity contribution in [1.82, 2.24) is 5.32 Å². The Balaban J connectivity index is 2.12. The molecule has 0 aromatic heterocycles. The molecule has 1 aromatic carbocycles. The predicted octanol–water partition coefficient (Wildman–Crippen LogP) is 2.71. The van der Waals surface area contributed by atoms with Gasteiger partial charge in [-0.2, -0.15) is 0 Å². The third kappa shape index (κ3) is 2.51. The maximum Gasteiger partial charge on any atom is 0.124 e. The number of nitrogens with one attached hydrogen (secondary N) is 1. The maximum atomic E-state index is 5.87. The molecule has 1 aromatic rings. The van der Waals surface area contributed by atoms with Crippen molar-refractivity contribution in [2.75, 3.05) is 6.61 Å². The Morgan fingerprint density at radius 1 is 1.27 bits per heavy atom. The Hall–Kier alpha value is -1.02. The van der Waals surface area contributed by atoms with Crippen LogP contribution in [-0.4, -0.2) is 6.61 Å². The van der Waals surface area contributed by atoms with E-state index in [1.807, 2.05) is 0 Å². The number of rotatable bonds is 2. The van der Waals surface area contributed by atoms with Crippen molar-refractivity contribution in [3.63, 3.8) is 0 Å². The monoisotopic (exact) mass is 205 g/mol. The number of ether oxygens (including phenoxy) is 1. The van der Waals surface area contributed by atoms with Gasteiger partial charge in [0, 0.05) is 18.7 Å². The molecular formula is C13H19NO. The van der Waals surface area contributed by atoms with Gasteiger partial charge < -0.3 is 10.1 Å². The molecule has 1 heterocycles. The van der Waals surface area contributed by atoms with Gasteiger partial charge in [-0.15, -0.1) is 0 Å². The Bertz CT molecular complexity index is 352. The number of fused-ring (bicyclic) bond motifs is 1. The van der Waals surface area contributed by atoms with Gasteiger partial charge in [-0.1, -0.05) is 32.9 Å².